The molecule has 8 heteroatoms. The molecule has 6 nitrogen and oxygen atoms in total. The number of piperidine rings is 1. The summed E-state index contributed by atoms with van der Waals surface area (Å²) in [5.41, 5.74) is 3.78. The maximum atomic E-state index is 13.7. The molecule has 5 aromatic rings. The quantitative estimate of drug-likeness (QED) is 0.257. The number of thiophene rings is 1. The van der Waals surface area contributed by atoms with Crippen LogP contribution in [0.5, 0.6) is 0 Å². The summed E-state index contributed by atoms with van der Waals surface area (Å²) < 4.78 is 8.36. The molecule has 1 aliphatic heterocycles. The van der Waals surface area contributed by atoms with Crippen molar-refractivity contribution >= 4 is 39.7 Å². The summed E-state index contributed by atoms with van der Waals surface area (Å²) in [6, 6.07) is 20.0. The molecular formula is C28H25ClN4O2S. The van der Waals surface area contributed by atoms with Crippen LogP contribution in [0.3, 0.4) is 0 Å². The zero-order chi connectivity index (χ0) is 24.5. The number of amides is 1. The van der Waals surface area contributed by atoms with E-state index in [9.17, 15) is 4.79 Å². The van der Waals surface area contributed by atoms with Gasteiger partial charge in [0.15, 0.2) is 5.76 Å². The first-order valence-corrected chi connectivity index (χ1v) is 13.3. The number of fused-ring (bicyclic) bond motifs is 1. The monoisotopic (exact) mass is 516 g/mol. The minimum Gasteiger partial charge on any atom is -0.355 e. The standard InChI is InChI=1S/C28H25ClN4O2S/c29-27-6-5-26(36-27)25-17-22(31-35-25)18-33-23-4-2-1-3-21(23)16-24(33)28(34)32-13-9-20(10-14-32)15-19-7-11-30-12-8-19/h1-8,11-12,16-17,20H,9-10,13-15,18H2. The summed E-state index contributed by atoms with van der Waals surface area (Å²) in [5.74, 6) is 1.34. The van der Waals surface area contributed by atoms with Crippen molar-refractivity contribution in [2.24, 2.45) is 5.92 Å². The Kier molecular flexibility index (Phi) is 6.34. The fourth-order valence-electron chi connectivity index (χ4n) is 5.02. The number of carbonyl (C=O) groups excluding carboxylic acids is 1. The van der Waals surface area contributed by atoms with E-state index in [0.29, 0.717) is 28.3 Å². The van der Waals surface area contributed by atoms with Crippen LogP contribution in [0.25, 0.3) is 21.5 Å². The normalized spacial score (nSPS) is 14.5. The molecule has 6 rings (SSSR count). The molecule has 0 unspecified atom stereocenters. The minimum absolute atomic E-state index is 0.0716. The first kappa shape index (κ1) is 23.0. The van der Waals surface area contributed by atoms with Crippen molar-refractivity contribution in [2.45, 2.75) is 25.8 Å². The van der Waals surface area contributed by atoms with Gasteiger partial charge in [-0.15, -0.1) is 11.3 Å². The predicted octanol–water partition coefficient (Wildman–Crippen LogP) is 6.55. The van der Waals surface area contributed by atoms with Crippen molar-refractivity contribution < 1.29 is 9.32 Å². The number of likely N-dealkylation sites (tertiary alicyclic amines) is 1. The van der Waals surface area contributed by atoms with E-state index in [2.05, 4.69) is 26.8 Å². The SMILES string of the molecule is O=C(c1cc2ccccc2n1Cc1cc(-c2ccc(Cl)s2)on1)N1CCC(Cc2ccncc2)CC1. The summed E-state index contributed by atoms with van der Waals surface area (Å²) >= 11 is 7.54. The lowest BCUT2D eigenvalue weighted by Crippen LogP contribution is -2.39. The van der Waals surface area contributed by atoms with E-state index in [4.69, 9.17) is 16.1 Å². The van der Waals surface area contributed by atoms with E-state index >= 15 is 0 Å². The summed E-state index contributed by atoms with van der Waals surface area (Å²) in [6.45, 7) is 1.99. The molecule has 0 atom stereocenters. The van der Waals surface area contributed by atoms with Crippen molar-refractivity contribution in [3.05, 3.63) is 94.3 Å². The molecule has 0 aliphatic carbocycles. The third kappa shape index (κ3) is 4.68. The Hall–Kier alpha value is -3.42. The van der Waals surface area contributed by atoms with Gasteiger partial charge < -0.3 is 14.0 Å². The molecule has 0 radical (unpaired) electrons. The zero-order valence-electron chi connectivity index (χ0n) is 19.6. The zero-order valence-corrected chi connectivity index (χ0v) is 21.2. The number of para-hydroxylation sites is 1. The molecule has 0 spiro atoms. The van der Waals surface area contributed by atoms with Gasteiger partial charge in [-0.1, -0.05) is 35.0 Å². The van der Waals surface area contributed by atoms with E-state index in [0.717, 1.165) is 53.8 Å². The molecule has 0 N–H and O–H groups in total. The first-order chi connectivity index (χ1) is 17.6. The molecule has 0 bridgehead atoms. The van der Waals surface area contributed by atoms with Gasteiger partial charge in [0.2, 0.25) is 0 Å². The van der Waals surface area contributed by atoms with Crippen LogP contribution < -0.4 is 0 Å². The molecule has 4 aromatic heterocycles. The third-order valence-corrected chi connectivity index (χ3v) is 8.15. The topological polar surface area (TPSA) is 64.2 Å². The number of pyridine rings is 1. The molecule has 1 aliphatic rings. The fraction of sp³-hybridized carbons (Fsp3) is 0.250. The van der Waals surface area contributed by atoms with Crippen molar-refractivity contribution in [3.8, 4) is 10.6 Å². The lowest BCUT2D eigenvalue weighted by atomic mass is 9.90. The molecule has 1 aromatic carbocycles. The van der Waals surface area contributed by atoms with Crippen LogP contribution in [0.2, 0.25) is 4.34 Å². The highest BCUT2D eigenvalue weighted by molar-refractivity contribution is 7.19. The van der Waals surface area contributed by atoms with E-state index in [1.54, 1.807) is 0 Å². The van der Waals surface area contributed by atoms with Gasteiger partial charge in [-0.2, -0.15) is 0 Å². The number of carbonyl (C=O) groups is 1. The van der Waals surface area contributed by atoms with Gasteiger partial charge in [0.1, 0.15) is 11.4 Å². The van der Waals surface area contributed by atoms with E-state index in [-0.39, 0.29) is 5.91 Å². The summed E-state index contributed by atoms with van der Waals surface area (Å²) in [7, 11) is 0. The number of rotatable bonds is 6. The van der Waals surface area contributed by atoms with Gasteiger partial charge in [0, 0.05) is 42.5 Å². The van der Waals surface area contributed by atoms with Gasteiger partial charge in [-0.25, -0.2) is 0 Å². The second kappa shape index (κ2) is 9.91. The Morgan fingerprint density at radius 2 is 1.86 bits per heavy atom. The van der Waals surface area contributed by atoms with Crippen LogP contribution in [0.1, 0.15) is 34.6 Å². The second-order valence-electron chi connectivity index (χ2n) is 9.26. The third-order valence-electron chi connectivity index (χ3n) is 6.90. The molecule has 0 saturated carbocycles. The predicted molar refractivity (Wildman–Crippen MR) is 142 cm³/mol. The molecule has 1 saturated heterocycles. The molecule has 1 amide bonds. The van der Waals surface area contributed by atoms with Crippen LogP contribution in [0, 0.1) is 5.92 Å². The van der Waals surface area contributed by atoms with Gasteiger partial charge in [0.05, 0.1) is 15.8 Å². The number of hydrogen-bond acceptors (Lipinski definition) is 5. The Morgan fingerprint density at radius 1 is 1.06 bits per heavy atom. The van der Waals surface area contributed by atoms with E-state index in [1.807, 2.05) is 65.8 Å². The van der Waals surface area contributed by atoms with Crippen LogP contribution in [-0.4, -0.2) is 38.6 Å². The molecule has 5 heterocycles. The highest BCUT2D eigenvalue weighted by Crippen LogP contribution is 2.32. The van der Waals surface area contributed by atoms with Gasteiger partial charge in [-0.05, 0) is 67.1 Å². The molecule has 36 heavy (non-hydrogen) atoms. The number of aromatic nitrogens is 3. The number of benzene rings is 1. The molecule has 182 valence electrons. The number of hydrogen-bond donors (Lipinski definition) is 0. The smallest absolute Gasteiger partial charge is 0.270 e. The minimum atomic E-state index is 0.0716. The van der Waals surface area contributed by atoms with Crippen molar-refractivity contribution in [1.82, 2.24) is 19.6 Å². The summed E-state index contributed by atoms with van der Waals surface area (Å²) in [4.78, 5) is 20.8. The second-order valence-corrected chi connectivity index (χ2v) is 11.0. The Labute approximate surface area is 218 Å². The van der Waals surface area contributed by atoms with Crippen LogP contribution in [-0.2, 0) is 13.0 Å². The highest BCUT2D eigenvalue weighted by Gasteiger charge is 2.27. The highest BCUT2D eigenvalue weighted by atomic mass is 35.5. The van der Waals surface area contributed by atoms with Crippen LogP contribution >= 0.6 is 22.9 Å². The maximum Gasteiger partial charge on any atom is 0.270 e. The fourth-order valence-corrected chi connectivity index (χ4v) is 6.01. The summed E-state index contributed by atoms with van der Waals surface area (Å²) in [6.07, 6.45) is 6.74. The largest absolute Gasteiger partial charge is 0.355 e. The number of halogens is 1. The van der Waals surface area contributed by atoms with E-state index in [1.165, 1.54) is 16.9 Å². The molecule has 1 fully saturated rings. The lowest BCUT2D eigenvalue weighted by molar-refractivity contribution is 0.0680. The Balaban J connectivity index is 1.22. The van der Waals surface area contributed by atoms with Crippen LogP contribution in [0.4, 0.5) is 0 Å². The first-order valence-electron chi connectivity index (χ1n) is 12.1. The number of nitrogens with zero attached hydrogens (tertiary/aromatic N) is 4. The van der Waals surface area contributed by atoms with Crippen molar-refractivity contribution in [1.29, 1.82) is 0 Å². The lowest BCUT2D eigenvalue weighted by Gasteiger charge is -2.32. The Bertz CT molecular complexity index is 1500. The van der Waals surface area contributed by atoms with Gasteiger partial charge >= 0.3 is 0 Å². The maximum absolute atomic E-state index is 13.7. The van der Waals surface area contributed by atoms with Crippen molar-refractivity contribution in [3.63, 3.8) is 0 Å². The van der Waals surface area contributed by atoms with Crippen LogP contribution in [0.15, 0.2) is 77.6 Å². The molecular weight excluding hydrogens is 492 g/mol. The Morgan fingerprint density at radius 3 is 2.64 bits per heavy atom. The van der Waals surface area contributed by atoms with Crippen molar-refractivity contribution in [2.75, 3.05) is 13.1 Å². The van der Waals surface area contributed by atoms with Gasteiger partial charge in [-0.3, -0.25) is 9.78 Å². The average Bonchev–Trinajstić information content (AvgIpc) is 3.64. The van der Waals surface area contributed by atoms with Gasteiger partial charge in [0.25, 0.3) is 5.91 Å². The average molecular weight is 517 g/mol. The summed E-state index contributed by atoms with van der Waals surface area (Å²) in [5, 5.41) is 5.33. The van der Waals surface area contributed by atoms with E-state index < -0.39 is 0 Å².